The van der Waals surface area contributed by atoms with Crippen LogP contribution in [0.4, 0.5) is 5.69 Å². The van der Waals surface area contributed by atoms with E-state index in [0.717, 1.165) is 6.42 Å². The second-order valence-electron chi connectivity index (χ2n) is 8.74. The Bertz CT molecular complexity index is 1040. The lowest BCUT2D eigenvalue weighted by Gasteiger charge is -2.37. The van der Waals surface area contributed by atoms with Crippen LogP contribution in [0.3, 0.4) is 0 Å². The fourth-order valence-corrected chi connectivity index (χ4v) is 5.76. The second-order valence-corrected chi connectivity index (χ2v) is 8.74. The fourth-order valence-electron chi connectivity index (χ4n) is 5.76. The SMILES string of the molecule is O=C(COc1ccc(N2C(=O)[C@@H]3[C@@H]4C=C[C@@H]([C@H]5C[C@@H]45)[C@@H]3C2=O)cc1)c1ccccc1. The molecular weight excluding hydrogens is 378 g/mol. The largest absolute Gasteiger partial charge is 0.485 e. The lowest BCUT2D eigenvalue weighted by atomic mass is 9.63. The van der Waals surface area contributed by atoms with Gasteiger partial charge in [-0.1, -0.05) is 42.5 Å². The Labute approximate surface area is 174 Å². The third kappa shape index (κ3) is 2.51. The van der Waals surface area contributed by atoms with Gasteiger partial charge in [0, 0.05) is 5.56 Å². The van der Waals surface area contributed by atoms with E-state index in [9.17, 15) is 14.4 Å². The van der Waals surface area contributed by atoms with Gasteiger partial charge in [0.15, 0.2) is 12.4 Å². The van der Waals surface area contributed by atoms with Crippen LogP contribution in [0.2, 0.25) is 0 Å². The van der Waals surface area contributed by atoms with E-state index in [0.29, 0.717) is 28.8 Å². The number of carbonyl (C=O) groups excluding carboxylic acids is 3. The van der Waals surface area contributed by atoms with Crippen molar-refractivity contribution in [1.82, 2.24) is 0 Å². The highest BCUT2D eigenvalue weighted by Gasteiger charge is 2.67. The number of anilines is 1. The lowest BCUT2D eigenvalue weighted by Crippen LogP contribution is -2.40. The smallest absolute Gasteiger partial charge is 0.238 e. The third-order valence-electron chi connectivity index (χ3n) is 7.22. The molecule has 2 bridgehead atoms. The molecule has 5 heteroatoms. The second kappa shape index (κ2) is 6.39. The molecule has 1 saturated heterocycles. The molecule has 5 nitrogen and oxygen atoms in total. The Morgan fingerprint density at radius 1 is 0.867 bits per heavy atom. The molecule has 1 aliphatic heterocycles. The van der Waals surface area contributed by atoms with Gasteiger partial charge in [0.2, 0.25) is 11.8 Å². The van der Waals surface area contributed by atoms with Gasteiger partial charge in [-0.25, -0.2) is 0 Å². The van der Waals surface area contributed by atoms with E-state index in [1.165, 1.54) is 4.90 Å². The summed E-state index contributed by atoms with van der Waals surface area (Å²) in [6, 6.07) is 15.9. The Kier molecular flexibility index (Phi) is 3.76. The van der Waals surface area contributed by atoms with Crippen molar-refractivity contribution in [2.45, 2.75) is 6.42 Å². The van der Waals surface area contributed by atoms with Gasteiger partial charge in [0.25, 0.3) is 0 Å². The number of Topliss-reactive ketones (excluding diaryl/α,β-unsaturated/α-hetero) is 1. The number of ether oxygens (including phenoxy) is 1. The topological polar surface area (TPSA) is 63.7 Å². The van der Waals surface area contributed by atoms with Crippen molar-refractivity contribution in [3.05, 3.63) is 72.3 Å². The maximum atomic E-state index is 13.2. The average Bonchev–Trinajstić information content (AvgIpc) is 3.57. The molecule has 1 heterocycles. The first-order valence-corrected chi connectivity index (χ1v) is 10.5. The zero-order valence-electron chi connectivity index (χ0n) is 16.3. The van der Waals surface area contributed by atoms with Crippen molar-refractivity contribution >= 4 is 23.3 Å². The molecule has 5 aliphatic rings. The number of allylic oxidation sites excluding steroid dienone is 2. The van der Waals surface area contributed by atoms with Crippen LogP contribution < -0.4 is 9.64 Å². The van der Waals surface area contributed by atoms with Crippen LogP contribution in [-0.2, 0) is 9.59 Å². The molecule has 0 radical (unpaired) electrons. The highest BCUT2D eigenvalue weighted by molar-refractivity contribution is 6.22. The summed E-state index contributed by atoms with van der Waals surface area (Å²) >= 11 is 0. The van der Waals surface area contributed by atoms with Gasteiger partial charge < -0.3 is 4.74 Å². The number of hydrogen-bond acceptors (Lipinski definition) is 4. The molecule has 0 spiro atoms. The van der Waals surface area contributed by atoms with Crippen LogP contribution >= 0.6 is 0 Å². The number of imide groups is 1. The molecule has 6 atom stereocenters. The first-order chi connectivity index (χ1) is 14.6. The summed E-state index contributed by atoms with van der Waals surface area (Å²) in [6.07, 6.45) is 5.51. The highest BCUT2D eigenvalue weighted by atomic mass is 16.5. The fraction of sp³-hybridized carbons (Fsp3) is 0.320. The molecule has 150 valence electrons. The molecule has 0 aromatic heterocycles. The van der Waals surface area contributed by atoms with Crippen molar-refractivity contribution in [3.63, 3.8) is 0 Å². The van der Waals surface area contributed by atoms with E-state index in [1.54, 1.807) is 36.4 Å². The summed E-state index contributed by atoms with van der Waals surface area (Å²) in [7, 11) is 0. The minimum atomic E-state index is -0.198. The van der Waals surface area contributed by atoms with Crippen LogP contribution in [-0.4, -0.2) is 24.2 Å². The molecule has 2 amide bonds. The number of ketones is 1. The van der Waals surface area contributed by atoms with Gasteiger partial charge >= 0.3 is 0 Å². The minimum Gasteiger partial charge on any atom is -0.485 e. The summed E-state index contributed by atoms with van der Waals surface area (Å²) in [5, 5.41) is 0. The predicted octanol–water partition coefficient (Wildman–Crippen LogP) is 3.51. The normalized spacial score (nSPS) is 32.7. The minimum absolute atomic E-state index is 0.0626. The number of amides is 2. The molecular formula is C25H21NO4. The zero-order valence-corrected chi connectivity index (χ0v) is 16.3. The summed E-state index contributed by atoms with van der Waals surface area (Å²) < 4.78 is 5.60. The van der Waals surface area contributed by atoms with Crippen LogP contribution in [0, 0.1) is 35.5 Å². The molecule has 4 aliphatic carbocycles. The molecule has 2 saturated carbocycles. The van der Waals surface area contributed by atoms with Gasteiger partial charge in [0.1, 0.15) is 5.75 Å². The number of hydrogen-bond donors (Lipinski definition) is 0. The first kappa shape index (κ1) is 17.6. The van der Waals surface area contributed by atoms with E-state index >= 15 is 0 Å². The van der Waals surface area contributed by atoms with Gasteiger partial charge in [0.05, 0.1) is 17.5 Å². The average molecular weight is 399 g/mol. The van der Waals surface area contributed by atoms with Crippen molar-refractivity contribution in [2.24, 2.45) is 35.5 Å². The van der Waals surface area contributed by atoms with Crippen molar-refractivity contribution in [2.75, 3.05) is 11.5 Å². The maximum absolute atomic E-state index is 13.2. The first-order valence-electron chi connectivity index (χ1n) is 10.5. The Morgan fingerprint density at radius 2 is 1.47 bits per heavy atom. The van der Waals surface area contributed by atoms with E-state index in [2.05, 4.69) is 12.2 Å². The summed E-state index contributed by atoms with van der Waals surface area (Å²) in [4.78, 5) is 39.9. The van der Waals surface area contributed by atoms with Crippen LogP contribution in [0.1, 0.15) is 16.8 Å². The Hall–Kier alpha value is -3.21. The molecule has 3 fully saturated rings. The summed E-state index contributed by atoms with van der Waals surface area (Å²) in [5.41, 5.74) is 1.18. The molecule has 2 aromatic rings. The standard InChI is InChI=1S/C25H21NO4/c27-21(14-4-2-1-3-5-14)13-30-16-8-6-15(7-9-16)26-24(28)22-17-10-11-18(20-12-19(17)20)23(22)25(26)29/h1-11,17-20,22-23H,12-13H2/t17-,18+,19+,20-,22-,23+. The van der Waals surface area contributed by atoms with Gasteiger partial charge in [-0.05, 0) is 54.4 Å². The highest BCUT2D eigenvalue weighted by Crippen LogP contribution is 2.65. The number of nitrogens with zero attached hydrogens (tertiary/aromatic N) is 1. The number of benzene rings is 2. The van der Waals surface area contributed by atoms with Crippen LogP contribution in [0.25, 0.3) is 0 Å². The number of carbonyl (C=O) groups is 3. The van der Waals surface area contributed by atoms with Crippen molar-refractivity contribution in [1.29, 1.82) is 0 Å². The molecule has 0 N–H and O–H groups in total. The van der Waals surface area contributed by atoms with Crippen molar-refractivity contribution in [3.8, 4) is 5.75 Å². The molecule has 2 aromatic carbocycles. The third-order valence-corrected chi connectivity index (χ3v) is 7.22. The Morgan fingerprint density at radius 3 is 2.07 bits per heavy atom. The van der Waals surface area contributed by atoms with E-state index in [1.807, 2.05) is 18.2 Å². The van der Waals surface area contributed by atoms with E-state index in [-0.39, 0.29) is 47.9 Å². The molecule has 0 unspecified atom stereocenters. The van der Waals surface area contributed by atoms with E-state index in [4.69, 9.17) is 4.74 Å². The summed E-state index contributed by atoms with van der Waals surface area (Å²) in [5.74, 6) is 1.53. The lowest BCUT2D eigenvalue weighted by molar-refractivity contribution is -0.124. The van der Waals surface area contributed by atoms with Crippen LogP contribution in [0.15, 0.2) is 66.7 Å². The van der Waals surface area contributed by atoms with Gasteiger partial charge in [-0.2, -0.15) is 0 Å². The maximum Gasteiger partial charge on any atom is 0.238 e. The van der Waals surface area contributed by atoms with Crippen molar-refractivity contribution < 1.29 is 19.1 Å². The zero-order chi connectivity index (χ0) is 20.4. The molecule has 7 rings (SSSR count). The quantitative estimate of drug-likeness (QED) is 0.439. The number of rotatable bonds is 5. The van der Waals surface area contributed by atoms with Gasteiger partial charge in [-0.15, -0.1) is 0 Å². The Balaban J connectivity index is 1.17. The monoisotopic (exact) mass is 399 g/mol. The molecule has 30 heavy (non-hydrogen) atoms. The summed E-state index contributed by atoms with van der Waals surface area (Å²) in [6.45, 7) is -0.0626. The van der Waals surface area contributed by atoms with Gasteiger partial charge in [-0.3, -0.25) is 19.3 Å². The van der Waals surface area contributed by atoms with Crippen LogP contribution in [0.5, 0.6) is 5.75 Å². The predicted molar refractivity (Wildman–Crippen MR) is 110 cm³/mol. The van der Waals surface area contributed by atoms with E-state index < -0.39 is 0 Å².